The van der Waals surface area contributed by atoms with Gasteiger partial charge in [0, 0.05) is 0 Å². The third kappa shape index (κ3) is 4.77. The van der Waals surface area contributed by atoms with Crippen molar-refractivity contribution in [1.82, 2.24) is 5.32 Å². The number of nitrogens with one attached hydrogen (secondary N) is 1. The molecular weight excluding hydrogens is 298 g/mol. The van der Waals surface area contributed by atoms with E-state index in [2.05, 4.69) is 5.32 Å². The van der Waals surface area contributed by atoms with Crippen LogP contribution in [0.25, 0.3) is 0 Å². The van der Waals surface area contributed by atoms with Gasteiger partial charge in [-0.25, -0.2) is 9.59 Å². The van der Waals surface area contributed by atoms with Crippen LogP contribution < -0.4 is 5.32 Å². The van der Waals surface area contributed by atoms with E-state index in [1.165, 1.54) is 0 Å². The first-order valence-electron chi connectivity index (χ1n) is 7.82. The number of rotatable bonds is 5. The largest absolute Gasteiger partial charge is 0.516 e. The topological polar surface area (TPSA) is 73.9 Å². The van der Waals surface area contributed by atoms with Crippen LogP contribution in [0.4, 0.5) is 4.79 Å². The summed E-state index contributed by atoms with van der Waals surface area (Å²) in [6, 6.07) is 9.04. The normalized spacial score (nSPS) is 22.6. The van der Waals surface area contributed by atoms with E-state index in [9.17, 15) is 9.59 Å². The monoisotopic (exact) mass is 321 g/mol. The molecule has 2 unspecified atom stereocenters. The predicted octanol–water partition coefficient (Wildman–Crippen LogP) is 2.93. The van der Waals surface area contributed by atoms with Gasteiger partial charge in [0.1, 0.15) is 5.72 Å². The lowest BCUT2D eigenvalue weighted by atomic mass is 10.0. The Hall–Kier alpha value is -1.92. The molecule has 1 N–H and O–H groups in total. The van der Waals surface area contributed by atoms with Crippen LogP contribution in [0.15, 0.2) is 30.3 Å². The van der Waals surface area contributed by atoms with Gasteiger partial charge in [-0.3, -0.25) is 5.32 Å². The quantitative estimate of drug-likeness (QED) is 0.510. The molecule has 1 aromatic rings. The third-order valence-electron chi connectivity index (χ3n) is 3.52. The highest BCUT2D eigenvalue weighted by Gasteiger charge is 2.45. The first-order chi connectivity index (χ1) is 10.9. The molecule has 1 heterocycles. The van der Waals surface area contributed by atoms with Crippen molar-refractivity contribution in [3.8, 4) is 0 Å². The Balaban J connectivity index is 2.03. The van der Waals surface area contributed by atoms with E-state index in [-0.39, 0.29) is 12.6 Å². The van der Waals surface area contributed by atoms with Crippen LogP contribution in [0.5, 0.6) is 0 Å². The van der Waals surface area contributed by atoms with E-state index in [0.29, 0.717) is 0 Å². The molecule has 0 bridgehead atoms. The zero-order valence-electron chi connectivity index (χ0n) is 13.7. The first-order valence-corrected chi connectivity index (χ1v) is 7.82. The molecular formula is C17H23NO5. The average molecular weight is 321 g/mol. The van der Waals surface area contributed by atoms with E-state index in [4.69, 9.17) is 14.2 Å². The maximum absolute atomic E-state index is 12.3. The molecule has 1 aliphatic heterocycles. The Labute approximate surface area is 136 Å². The highest BCUT2D eigenvalue weighted by atomic mass is 16.7. The zero-order chi connectivity index (χ0) is 16.9. The summed E-state index contributed by atoms with van der Waals surface area (Å²) in [5, 5.41) is 3.23. The lowest BCUT2D eigenvalue weighted by Gasteiger charge is -2.17. The van der Waals surface area contributed by atoms with Crippen LogP contribution in [0, 0.1) is 0 Å². The summed E-state index contributed by atoms with van der Waals surface area (Å²) >= 11 is 0. The number of carbonyl (C=O) groups is 2. The van der Waals surface area contributed by atoms with Crippen molar-refractivity contribution in [2.45, 2.75) is 51.5 Å². The molecule has 0 spiro atoms. The van der Waals surface area contributed by atoms with E-state index in [1.54, 1.807) is 0 Å². The Morgan fingerprint density at radius 2 is 1.96 bits per heavy atom. The average Bonchev–Trinajstić information content (AvgIpc) is 2.84. The summed E-state index contributed by atoms with van der Waals surface area (Å²) < 4.78 is 15.3. The van der Waals surface area contributed by atoms with Gasteiger partial charge in [-0.1, -0.05) is 43.7 Å². The number of carbonyl (C=O) groups excluding carboxylic acids is 2. The molecule has 1 aromatic carbocycles. The number of unbranched alkanes of at least 4 members (excludes halogenated alkanes) is 1. The molecule has 0 saturated carbocycles. The Kier molecular flexibility index (Phi) is 5.74. The minimum atomic E-state index is -0.983. The number of hydrogen-bond donors (Lipinski definition) is 1. The molecule has 0 radical (unpaired) electrons. The molecule has 23 heavy (non-hydrogen) atoms. The van der Waals surface area contributed by atoms with E-state index < -0.39 is 24.0 Å². The minimum absolute atomic E-state index is 0.236. The second-order valence-corrected chi connectivity index (χ2v) is 5.95. The van der Waals surface area contributed by atoms with E-state index >= 15 is 0 Å². The fourth-order valence-electron chi connectivity index (χ4n) is 2.44. The molecule has 126 valence electrons. The molecule has 0 aliphatic carbocycles. The molecule has 2 atom stereocenters. The summed E-state index contributed by atoms with van der Waals surface area (Å²) in [6.45, 7) is 5.84. The minimum Gasteiger partial charge on any atom is -0.434 e. The SMILES string of the molecule is CCCCOC(=O)OC(=O)C1OC(C)(C)NC1c1ccccc1. The van der Waals surface area contributed by atoms with E-state index in [1.807, 2.05) is 51.1 Å². The van der Waals surface area contributed by atoms with Crippen LogP contribution in [0.2, 0.25) is 0 Å². The number of hydrogen-bond acceptors (Lipinski definition) is 6. The second kappa shape index (κ2) is 7.57. The van der Waals surface area contributed by atoms with Crippen molar-refractivity contribution < 1.29 is 23.8 Å². The highest BCUT2D eigenvalue weighted by molar-refractivity contribution is 5.86. The lowest BCUT2D eigenvalue weighted by molar-refractivity contribution is -0.156. The maximum Gasteiger partial charge on any atom is 0.516 e. The molecule has 0 aromatic heterocycles. The Morgan fingerprint density at radius 1 is 1.26 bits per heavy atom. The van der Waals surface area contributed by atoms with Crippen molar-refractivity contribution in [2.75, 3.05) is 6.61 Å². The van der Waals surface area contributed by atoms with Crippen molar-refractivity contribution in [1.29, 1.82) is 0 Å². The number of benzene rings is 1. The van der Waals surface area contributed by atoms with Gasteiger partial charge >= 0.3 is 12.1 Å². The Morgan fingerprint density at radius 3 is 2.61 bits per heavy atom. The Bertz CT molecular complexity index is 543. The van der Waals surface area contributed by atoms with Gasteiger partial charge in [0.05, 0.1) is 12.6 Å². The van der Waals surface area contributed by atoms with Gasteiger partial charge in [-0.05, 0) is 25.8 Å². The van der Waals surface area contributed by atoms with Crippen LogP contribution in [-0.2, 0) is 19.0 Å². The molecule has 0 amide bonds. The van der Waals surface area contributed by atoms with Gasteiger partial charge in [-0.15, -0.1) is 0 Å². The maximum atomic E-state index is 12.3. The summed E-state index contributed by atoms with van der Waals surface area (Å²) in [6.07, 6.45) is -0.277. The smallest absolute Gasteiger partial charge is 0.434 e. The van der Waals surface area contributed by atoms with Crippen LogP contribution in [0.3, 0.4) is 0 Å². The highest BCUT2D eigenvalue weighted by Crippen LogP contribution is 2.32. The van der Waals surface area contributed by atoms with Crippen molar-refractivity contribution in [2.24, 2.45) is 0 Å². The summed E-state index contributed by atoms with van der Waals surface area (Å²) in [5.74, 6) is -0.751. The third-order valence-corrected chi connectivity index (χ3v) is 3.52. The van der Waals surface area contributed by atoms with Gasteiger partial charge < -0.3 is 14.2 Å². The molecule has 6 heteroatoms. The second-order valence-electron chi connectivity index (χ2n) is 5.95. The van der Waals surface area contributed by atoms with Gasteiger partial charge in [0.2, 0.25) is 0 Å². The van der Waals surface area contributed by atoms with Gasteiger partial charge in [0.15, 0.2) is 6.10 Å². The number of esters is 1. The van der Waals surface area contributed by atoms with Crippen molar-refractivity contribution >= 4 is 12.1 Å². The molecule has 1 fully saturated rings. The van der Waals surface area contributed by atoms with Crippen LogP contribution >= 0.6 is 0 Å². The van der Waals surface area contributed by atoms with Crippen LogP contribution in [-0.4, -0.2) is 30.6 Å². The van der Waals surface area contributed by atoms with Crippen molar-refractivity contribution in [3.63, 3.8) is 0 Å². The zero-order valence-corrected chi connectivity index (χ0v) is 13.7. The number of ether oxygens (including phenoxy) is 3. The molecule has 2 rings (SSSR count). The van der Waals surface area contributed by atoms with Gasteiger partial charge in [-0.2, -0.15) is 0 Å². The predicted molar refractivity (Wildman–Crippen MR) is 83.6 cm³/mol. The molecule has 1 aliphatic rings. The van der Waals surface area contributed by atoms with Crippen molar-refractivity contribution in [3.05, 3.63) is 35.9 Å². The standard InChI is InChI=1S/C17H23NO5/c1-4-5-11-21-16(20)22-15(19)14-13(18-17(2,3)23-14)12-9-7-6-8-10-12/h6-10,13-14,18H,4-5,11H2,1-3H3. The summed E-state index contributed by atoms with van der Waals surface area (Å²) in [4.78, 5) is 23.8. The fourth-order valence-corrected chi connectivity index (χ4v) is 2.44. The van der Waals surface area contributed by atoms with E-state index in [0.717, 1.165) is 18.4 Å². The first kappa shape index (κ1) is 17.4. The van der Waals surface area contributed by atoms with Crippen LogP contribution in [0.1, 0.15) is 45.2 Å². The lowest BCUT2D eigenvalue weighted by Crippen LogP contribution is -2.35. The molecule has 6 nitrogen and oxygen atoms in total. The molecule has 1 saturated heterocycles. The summed E-state index contributed by atoms with van der Waals surface area (Å²) in [5.41, 5.74) is 0.190. The fraction of sp³-hybridized carbons (Fsp3) is 0.529. The summed E-state index contributed by atoms with van der Waals surface area (Å²) in [7, 11) is 0. The van der Waals surface area contributed by atoms with Gasteiger partial charge in [0.25, 0.3) is 0 Å².